The minimum atomic E-state index is -0.196. The maximum atomic E-state index is 13.4. The molecule has 0 atom stereocenters. The molecule has 5 heteroatoms. The van der Waals surface area contributed by atoms with E-state index >= 15 is 0 Å². The van der Waals surface area contributed by atoms with Crippen LogP contribution in [0.5, 0.6) is 5.75 Å². The molecular weight excluding hydrogens is 374 g/mol. The first-order valence-electron chi connectivity index (χ1n) is 9.76. The molecular formula is C25H23N3O2. The highest BCUT2D eigenvalue weighted by Gasteiger charge is 2.19. The van der Waals surface area contributed by atoms with Crippen molar-refractivity contribution in [3.8, 4) is 17.0 Å². The fourth-order valence-corrected chi connectivity index (χ4v) is 3.71. The summed E-state index contributed by atoms with van der Waals surface area (Å²) in [7, 11) is 1.64. The number of nitrogens with zero attached hydrogens (tertiary/aromatic N) is 2. The van der Waals surface area contributed by atoms with Crippen LogP contribution >= 0.6 is 0 Å². The molecule has 0 saturated heterocycles. The Kier molecular flexibility index (Phi) is 5.19. The Labute approximate surface area is 175 Å². The third-order valence-corrected chi connectivity index (χ3v) is 5.07. The third kappa shape index (κ3) is 3.74. The molecule has 2 aromatic heterocycles. The molecule has 5 nitrogen and oxygen atoms in total. The van der Waals surface area contributed by atoms with E-state index in [1.807, 2.05) is 81.4 Å². The molecule has 0 fully saturated rings. The number of rotatable bonds is 4. The van der Waals surface area contributed by atoms with Crippen molar-refractivity contribution >= 4 is 22.6 Å². The van der Waals surface area contributed by atoms with Crippen molar-refractivity contribution in [2.45, 2.75) is 20.8 Å². The van der Waals surface area contributed by atoms with Crippen LogP contribution in [0.4, 0.5) is 5.82 Å². The van der Waals surface area contributed by atoms with E-state index in [9.17, 15) is 4.79 Å². The SMILES string of the molecule is COc1ccc(-c2nc3ccccc3c(C(=O)Nc3cc(C)cc(C)n3)c2C)cc1. The van der Waals surface area contributed by atoms with Gasteiger partial charge in [0.1, 0.15) is 11.6 Å². The molecule has 0 unspecified atom stereocenters. The van der Waals surface area contributed by atoms with Crippen molar-refractivity contribution in [3.05, 3.63) is 83.0 Å². The van der Waals surface area contributed by atoms with Gasteiger partial charge in [-0.3, -0.25) is 4.79 Å². The number of anilines is 1. The molecule has 1 N–H and O–H groups in total. The van der Waals surface area contributed by atoms with Crippen molar-refractivity contribution in [3.63, 3.8) is 0 Å². The maximum absolute atomic E-state index is 13.4. The van der Waals surface area contributed by atoms with E-state index in [0.29, 0.717) is 11.4 Å². The number of carbonyl (C=O) groups is 1. The van der Waals surface area contributed by atoms with E-state index in [1.54, 1.807) is 7.11 Å². The van der Waals surface area contributed by atoms with Crippen LogP contribution in [0, 0.1) is 20.8 Å². The second-order valence-corrected chi connectivity index (χ2v) is 7.33. The van der Waals surface area contributed by atoms with Crippen LogP contribution in [0.25, 0.3) is 22.2 Å². The van der Waals surface area contributed by atoms with Gasteiger partial charge in [-0.15, -0.1) is 0 Å². The quantitative estimate of drug-likeness (QED) is 0.495. The summed E-state index contributed by atoms with van der Waals surface area (Å²) < 4.78 is 5.26. The predicted molar refractivity (Wildman–Crippen MR) is 120 cm³/mol. The number of fused-ring (bicyclic) bond motifs is 1. The zero-order chi connectivity index (χ0) is 21.3. The van der Waals surface area contributed by atoms with Gasteiger partial charge in [-0.2, -0.15) is 0 Å². The summed E-state index contributed by atoms with van der Waals surface area (Å²) in [5, 5.41) is 3.79. The van der Waals surface area contributed by atoms with E-state index in [4.69, 9.17) is 9.72 Å². The number of carbonyl (C=O) groups excluding carboxylic acids is 1. The van der Waals surface area contributed by atoms with Crippen LogP contribution in [0.15, 0.2) is 60.7 Å². The zero-order valence-electron chi connectivity index (χ0n) is 17.5. The highest BCUT2D eigenvalue weighted by atomic mass is 16.5. The summed E-state index contributed by atoms with van der Waals surface area (Å²) in [5.41, 5.74) is 5.81. The fourth-order valence-electron chi connectivity index (χ4n) is 3.71. The van der Waals surface area contributed by atoms with Crippen molar-refractivity contribution in [2.75, 3.05) is 12.4 Å². The van der Waals surface area contributed by atoms with Gasteiger partial charge in [-0.1, -0.05) is 18.2 Å². The standard InChI is InChI=1S/C25H23N3O2/c1-15-13-16(2)26-22(14-15)28-25(29)23-17(3)24(18-9-11-19(30-4)12-10-18)27-21-8-6-5-7-20(21)23/h5-14H,1-4H3,(H,26,28,29). The molecule has 0 bridgehead atoms. The van der Waals surface area contributed by atoms with Gasteiger partial charge in [0.2, 0.25) is 0 Å². The van der Waals surface area contributed by atoms with Crippen LogP contribution in [0.1, 0.15) is 27.2 Å². The van der Waals surface area contributed by atoms with Gasteiger partial charge in [-0.25, -0.2) is 9.97 Å². The summed E-state index contributed by atoms with van der Waals surface area (Å²) in [4.78, 5) is 22.6. The van der Waals surface area contributed by atoms with Crippen LogP contribution in [-0.4, -0.2) is 23.0 Å². The van der Waals surface area contributed by atoms with Crippen LogP contribution in [0.2, 0.25) is 0 Å². The molecule has 30 heavy (non-hydrogen) atoms. The minimum absolute atomic E-state index is 0.196. The van der Waals surface area contributed by atoms with Gasteiger partial charge in [0.15, 0.2) is 0 Å². The van der Waals surface area contributed by atoms with Gasteiger partial charge in [0.25, 0.3) is 5.91 Å². The number of nitrogens with one attached hydrogen (secondary N) is 1. The molecule has 2 heterocycles. The molecule has 0 spiro atoms. The number of methoxy groups -OCH3 is 1. The molecule has 150 valence electrons. The summed E-state index contributed by atoms with van der Waals surface area (Å²) >= 11 is 0. The smallest absolute Gasteiger partial charge is 0.257 e. The lowest BCUT2D eigenvalue weighted by Crippen LogP contribution is -2.16. The molecule has 1 amide bonds. The topological polar surface area (TPSA) is 64.1 Å². The highest BCUT2D eigenvalue weighted by Crippen LogP contribution is 2.31. The van der Waals surface area contributed by atoms with E-state index in [0.717, 1.165) is 44.7 Å². The van der Waals surface area contributed by atoms with E-state index in [1.165, 1.54) is 0 Å². The first kappa shape index (κ1) is 19.6. The number of para-hydroxylation sites is 1. The fraction of sp³-hybridized carbons (Fsp3) is 0.160. The maximum Gasteiger partial charge on any atom is 0.257 e. The van der Waals surface area contributed by atoms with Gasteiger partial charge < -0.3 is 10.1 Å². The van der Waals surface area contributed by atoms with Gasteiger partial charge in [-0.05, 0) is 74.4 Å². The Morgan fingerprint density at radius 2 is 1.67 bits per heavy atom. The zero-order valence-corrected chi connectivity index (χ0v) is 17.5. The van der Waals surface area contributed by atoms with Gasteiger partial charge in [0.05, 0.1) is 23.9 Å². The Morgan fingerprint density at radius 1 is 0.933 bits per heavy atom. The van der Waals surface area contributed by atoms with Crippen LogP contribution in [-0.2, 0) is 0 Å². The number of ether oxygens (including phenoxy) is 1. The largest absolute Gasteiger partial charge is 0.497 e. The summed E-state index contributed by atoms with van der Waals surface area (Å²) in [6.07, 6.45) is 0. The third-order valence-electron chi connectivity index (χ3n) is 5.07. The van der Waals surface area contributed by atoms with Crippen molar-refractivity contribution in [1.82, 2.24) is 9.97 Å². The van der Waals surface area contributed by atoms with Gasteiger partial charge >= 0.3 is 0 Å². The Balaban J connectivity index is 1.85. The van der Waals surface area contributed by atoms with E-state index < -0.39 is 0 Å². The predicted octanol–water partition coefficient (Wildman–Crippen LogP) is 5.48. The number of aromatic nitrogens is 2. The normalized spacial score (nSPS) is 10.8. The minimum Gasteiger partial charge on any atom is -0.497 e. The molecule has 2 aromatic carbocycles. The first-order chi connectivity index (χ1) is 14.5. The summed E-state index contributed by atoms with van der Waals surface area (Å²) in [6.45, 7) is 5.83. The lowest BCUT2D eigenvalue weighted by molar-refractivity contribution is 0.102. The molecule has 0 radical (unpaired) electrons. The molecule has 0 aliphatic heterocycles. The van der Waals surface area contributed by atoms with Crippen LogP contribution < -0.4 is 10.1 Å². The molecule has 0 aliphatic rings. The number of hydrogen-bond acceptors (Lipinski definition) is 4. The average Bonchev–Trinajstić information content (AvgIpc) is 2.72. The van der Waals surface area contributed by atoms with Crippen molar-refractivity contribution < 1.29 is 9.53 Å². The van der Waals surface area contributed by atoms with Crippen molar-refractivity contribution in [2.24, 2.45) is 0 Å². The molecule has 4 aromatic rings. The number of hydrogen-bond donors (Lipinski definition) is 1. The number of benzene rings is 2. The Bertz CT molecular complexity index is 1230. The first-order valence-corrected chi connectivity index (χ1v) is 9.76. The highest BCUT2D eigenvalue weighted by molar-refractivity contribution is 6.14. The Hall–Kier alpha value is -3.73. The summed E-state index contributed by atoms with van der Waals surface area (Å²) in [5.74, 6) is 1.12. The number of aryl methyl sites for hydroxylation is 2. The van der Waals surface area contributed by atoms with E-state index in [-0.39, 0.29) is 5.91 Å². The Morgan fingerprint density at radius 3 is 2.37 bits per heavy atom. The van der Waals surface area contributed by atoms with Crippen LogP contribution in [0.3, 0.4) is 0 Å². The second-order valence-electron chi connectivity index (χ2n) is 7.33. The van der Waals surface area contributed by atoms with Gasteiger partial charge in [0, 0.05) is 16.6 Å². The van der Waals surface area contributed by atoms with E-state index in [2.05, 4.69) is 10.3 Å². The molecule has 0 aliphatic carbocycles. The lowest BCUT2D eigenvalue weighted by atomic mass is 9.97. The monoisotopic (exact) mass is 397 g/mol. The van der Waals surface area contributed by atoms with Crippen molar-refractivity contribution in [1.29, 1.82) is 0 Å². The number of pyridine rings is 2. The summed E-state index contributed by atoms with van der Waals surface area (Å²) in [6, 6.07) is 19.2. The molecule has 4 rings (SSSR count). The average molecular weight is 397 g/mol. The number of amides is 1. The second kappa shape index (κ2) is 7.95. The lowest BCUT2D eigenvalue weighted by Gasteiger charge is -2.15. The molecule has 0 saturated carbocycles.